The van der Waals surface area contributed by atoms with Crippen LogP contribution in [0, 0.1) is 0 Å². The molecule has 0 aliphatic rings. The Labute approximate surface area is 155 Å². The van der Waals surface area contributed by atoms with Crippen molar-refractivity contribution < 1.29 is 23.6 Å². The molecule has 0 bridgehead atoms. The number of benzene rings is 2. The minimum absolute atomic E-state index is 0.169. The van der Waals surface area contributed by atoms with Gasteiger partial charge in [-0.15, -0.1) is 0 Å². The molecule has 1 amide bonds. The van der Waals surface area contributed by atoms with E-state index in [-0.39, 0.29) is 18.1 Å². The van der Waals surface area contributed by atoms with Crippen LogP contribution in [0.25, 0.3) is 11.3 Å². The van der Waals surface area contributed by atoms with Gasteiger partial charge in [0, 0.05) is 12.6 Å². The molecule has 0 atom stereocenters. The summed E-state index contributed by atoms with van der Waals surface area (Å²) in [4.78, 5) is 23.7. The highest BCUT2D eigenvalue weighted by atomic mass is 16.5. The molecule has 0 aliphatic heterocycles. The number of ether oxygens (including phenoxy) is 2. The van der Waals surface area contributed by atoms with Gasteiger partial charge in [-0.05, 0) is 29.8 Å². The van der Waals surface area contributed by atoms with Crippen molar-refractivity contribution in [1.29, 1.82) is 0 Å². The lowest BCUT2D eigenvalue weighted by atomic mass is 10.1. The number of para-hydroxylation sites is 1. The van der Waals surface area contributed by atoms with Crippen molar-refractivity contribution in [3.8, 4) is 17.1 Å². The number of nitrogens with one attached hydrogen (secondary N) is 1. The third-order valence-electron chi connectivity index (χ3n) is 3.94. The Morgan fingerprint density at radius 1 is 1.07 bits per heavy atom. The zero-order valence-electron chi connectivity index (χ0n) is 14.9. The first-order valence-electron chi connectivity index (χ1n) is 8.18. The molecule has 7 nitrogen and oxygen atoms in total. The van der Waals surface area contributed by atoms with Crippen molar-refractivity contribution in [2.45, 2.75) is 6.54 Å². The van der Waals surface area contributed by atoms with Crippen molar-refractivity contribution in [1.82, 2.24) is 10.5 Å². The predicted octanol–water partition coefficient (Wildman–Crippen LogP) is 3.07. The molecular formula is C20H18N2O5. The van der Waals surface area contributed by atoms with E-state index in [9.17, 15) is 9.59 Å². The first kappa shape index (κ1) is 18.2. The highest BCUT2D eigenvalue weighted by Crippen LogP contribution is 2.29. The molecular weight excluding hydrogens is 348 g/mol. The van der Waals surface area contributed by atoms with Crippen LogP contribution < -0.4 is 10.1 Å². The lowest BCUT2D eigenvalue weighted by Crippen LogP contribution is -2.23. The van der Waals surface area contributed by atoms with E-state index < -0.39 is 5.97 Å². The van der Waals surface area contributed by atoms with Crippen molar-refractivity contribution >= 4 is 11.9 Å². The average molecular weight is 366 g/mol. The Hall–Kier alpha value is -3.61. The van der Waals surface area contributed by atoms with Crippen LogP contribution in [0.2, 0.25) is 0 Å². The number of rotatable bonds is 6. The van der Waals surface area contributed by atoms with Crippen molar-refractivity contribution in [2.75, 3.05) is 14.2 Å². The Morgan fingerprint density at radius 3 is 2.52 bits per heavy atom. The minimum atomic E-state index is -0.406. The number of methoxy groups -OCH3 is 2. The molecule has 27 heavy (non-hydrogen) atoms. The fraction of sp³-hybridized carbons (Fsp3) is 0.150. The molecule has 0 fully saturated rings. The van der Waals surface area contributed by atoms with Gasteiger partial charge in [0.2, 0.25) is 0 Å². The number of carbonyl (C=O) groups excluding carboxylic acids is 2. The molecule has 3 rings (SSSR count). The second-order valence-corrected chi connectivity index (χ2v) is 5.65. The summed E-state index contributed by atoms with van der Waals surface area (Å²) in [6, 6.07) is 15.7. The number of carbonyl (C=O) groups is 2. The zero-order valence-corrected chi connectivity index (χ0v) is 14.9. The molecule has 1 N–H and O–H groups in total. The molecule has 138 valence electrons. The normalized spacial score (nSPS) is 10.3. The van der Waals surface area contributed by atoms with E-state index in [4.69, 9.17) is 9.26 Å². The first-order valence-corrected chi connectivity index (χ1v) is 8.18. The van der Waals surface area contributed by atoms with Gasteiger partial charge in [-0.25, -0.2) is 4.79 Å². The van der Waals surface area contributed by atoms with Crippen LogP contribution in [0.5, 0.6) is 5.75 Å². The first-order chi connectivity index (χ1) is 13.1. The quantitative estimate of drug-likeness (QED) is 0.674. The number of amides is 1. The molecule has 0 aliphatic carbocycles. The summed E-state index contributed by atoms with van der Waals surface area (Å²) in [6.07, 6.45) is 0. The summed E-state index contributed by atoms with van der Waals surface area (Å²) < 4.78 is 15.2. The largest absolute Gasteiger partial charge is 0.496 e. The Morgan fingerprint density at radius 2 is 1.81 bits per heavy atom. The van der Waals surface area contributed by atoms with Crippen LogP contribution in [-0.4, -0.2) is 31.3 Å². The lowest BCUT2D eigenvalue weighted by Gasteiger charge is -2.04. The SMILES string of the molecule is COC(=O)c1ccc(CNC(=O)c2cc(-c3ccccc3OC)on2)cc1. The smallest absolute Gasteiger partial charge is 0.337 e. The van der Waals surface area contributed by atoms with Crippen LogP contribution in [-0.2, 0) is 11.3 Å². The van der Waals surface area contributed by atoms with Gasteiger partial charge in [-0.2, -0.15) is 0 Å². The van der Waals surface area contributed by atoms with E-state index in [2.05, 4.69) is 15.2 Å². The van der Waals surface area contributed by atoms with Gasteiger partial charge in [0.15, 0.2) is 11.5 Å². The Kier molecular flexibility index (Phi) is 5.51. The van der Waals surface area contributed by atoms with Crippen LogP contribution in [0.4, 0.5) is 0 Å². The Bertz CT molecular complexity index is 947. The summed E-state index contributed by atoms with van der Waals surface area (Å²) in [5.74, 6) is 0.306. The third-order valence-corrected chi connectivity index (χ3v) is 3.94. The van der Waals surface area contributed by atoms with Crippen LogP contribution >= 0.6 is 0 Å². The average Bonchev–Trinajstić information content (AvgIpc) is 3.22. The van der Waals surface area contributed by atoms with Crippen molar-refractivity contribution in [3.63, 3.8) is 0 Å². The van der Waals surface area contributed by atoms with Gasteiger partial charge < -0.3 is 19.3 Å². The molecule has 2 aromatic carbocycles. The summed E-state index contributed by atoms with van der Waals surface area (Å²) in [5.41, 5.74) is 2.17. The minimum Gasteiger partial charge on any atom is -0.496 e. The molecule has 0 saturated carbocycles. The van der Waals surface area contributed by atoms with Gasteiger partial charge >= 0.3 is 5.97 Å². The summed E-state index contributed by atoms with van der Waals surface area (Å²) in [7, 11) is 2.89. The van der Waals surface area contributed by atoms with Gasteiger partial charge in [-0.3, -0.25) is 4.79 Å². The number of aromatic nitrogens is 1. The fourth-order valence-electron chi connectivity index (χ4n) is 2.51. The van der Waals surface area contributed by atoms with Gasteiger partial charge in [0.05, 0.1) is 25.3 Å². The fourth-order valence-corrected chi connectivity index (χ4v) is 2.51. The van der Waals surface area contributed by atoms with E-state index >= 15 is 0 Å². The van der Waals surface area contributed by atoms with E-state index in [1.54, 1.807) is 43.5 Å². The molecule has 1 aromatic heterocycles. The van der Waals surface area contributed by atoms with Crippen molar-refractivity contribution in [3.05, 3.63) is 71.4 Å². The van der Waals surface area contributed by atoms with Crippen LogP contribution in [0.1, 0.15) is 26.4 Å². The van der Waals surface area contributed by atoms with E-state index in [0.29, 0.717) is 22.6 Å². The summed E-state index contributed by atoms with van der Waals surface area (Å²) in [6.45, 7) is 0.289. The van der Waals surface area contributed by atoms with E-state index in [1.165, 1.54) is 7.11 Å². The van der Waals surface area contributed by atoms with Crippen LogP contribution in [0.15, 0.2) is 59.1 Å². The maximum Gasteiger partial charge on any atom is 0.337 e. The van der Waals surface area contributed by atoms with E-state index in [1.807, 2.05) is 18.2 Å². The maximum absolute atomic E-state index is 12.3. The summed E-state index contributed by atoms with van der Waals surface area (Å²) >= 11 is 0. The molecule has 0 unspecified atom stereocenters. The molecule has 1 heterocycles. The molecule has 7 heteroatoms. The highest BCUT2D eigenvalue weighted by molar-refractivity contribution is 5.93. The molecule has 3 aromatic rings. The number of hydrogen-bond acceptors (Lipinski definition) is 6. The maximum atomic E-state index is 12.3. The second kappa shape index (κ2) is 8.18. The lowest BCUT2D eigenvalue weighted by molar-refractivity contribution is 0.0600. The third kappa shape index (κ3) is 4.14. The molecule has 0 spiro atoms. The van der Waals surface area contributed by atoms with Gasteiger partial charge in [-0.1, -0.05) is 29.4 Å². The van der Waals surface area contributed by atoms with E-state index in [0.717, 1.165) is 5.56 Å². The number of esters is 1. The second-order valence-electron chi connectivity index (χ2n) is 5.65. The molecule has 0 radical (unpaired) electrons. The predicted molar refractivity (Wildman–Crippen MR) is 97.4 cm³/mol. The number of nitrogens with zero attached hydrogens (tertiary/aromatic N) is 1. The number of hydrogen-bond donors (Lipinski definition) is 1. The van der Waals surface area contributed by atoms with Crippen LogP contribution in [0.3, 0.4) is 0 Å². The zero-order chi connectivity index (χ0) is 19.2. The van der Waals surface area contributed by atoms with Crippen molar-refractivity contribution in [2.24, 2.45) is 0 Å². The monoisotopic (exact) mass is 366 g/mol. The van der Waals surface area contributed by atoms with Gasteiger partial charge in [0.1, 0.15) is 5.75 Å². The Balaban J connectivity index is 1.65. The molecule has 0 saturated heterocycles. The van der Waals surface area contributed by atoms with Gasteiger partial charge in [0.25, 0.3) is 5.91 Å². The standard InChI is InChI=1S/C20H18N2O5/c1-25-17-6-4-3-5-15(17)18-11-16(22-27-18)19(23)21-12-13-7-9-14(10-8-13)20(24)26-2/h3-11H,12H2,1-2H3,(H,21,23). The summed E-state index contributed by atoms with van der Waals surface area (Å²) in [5, 5.41) is 6.59. The topological polar surface area (TPSA) is 90.7 Å². The highest BCUT2D eigenvalue weighted by Gasteiger charge is 2.16.